The van der Waals surface area contributed by atoms with Crippen LogP contribution < -0.4 is 5.32 Å². The van der Waals surface area contributed by atoms with E-state index in [2.05, 4.69) is 5.32 Å². The number of hydrogen-bond acceptors (Lipinski definition) is 5. The van der Waals surface area contributed by atoms with Crippen LogP contribution in [0.5, 0.6) is 0 Å². The molecule has 0 saturated heterocycles. The van der Waals surface area contributed by atoms with Gasteiger partial charge >= 0.3 is 6.09 Å². The molecule has 1 N–H and O–H groups in total. The third-order valence-electron chi connectivity index (χ3n) is 2.39. The maximum absolute atomic E-state index is 11.8. The smallest absolute Gasteiger partial charge is 0.412 e. The molecule has 0 heterocycles. The number of halogens is 1. The van der Waals surface area contributed by atoms with E-state index in [9.17, 15) is 13.2 Å². The molecule has 1 rings (SSSR count). The lowest BCUT2D eigenvalue weighted by atomic mass is 10.1. The average Bonchev–Trinajstić information content (AvgIpc) is 2.29. The highest BCUT2D eigenvalue weighted by Crippen LogP contribution is 2.27. The highest BCUT2D eigenvalue weighted by atomic mass is 35.5. The maximum atomic E-state index is 11.8. The molecule has 0 bridgehead atoms. The molecule has 0 spiro atoms. The molecule has 0 aliphatic carbocycles. The lowest BCUT2D eigenvalue weighted by Crippen LogP contribution is -2.27. The fraction of sp³-hybridized carbons (Fsp3) is 0.500. The summed E-state index contributed by atoms with van der Waals surface area (Å²) in [4.78, 5) is 11.8. The molecular weight excluding hydrogens is 330 g/mol. The Bertz CT molecular complexity index is 637. The molecule has 1 amide bonds. The van der Waals surface area contributed by atoms with E-state index in [1.807, 2.05) is 0 Å². The number of anilines is 1. The van der Waals surface area contributed by atoms with Crippen LogP contribution in [0.1, 0.15) is 26.3 Å². The number of rotatable bonds is 5. The summed E-state index contributed by atoms with van der Waals surface area (Å²) in [6.45, 7) is 5.21. The molecule has 1 aromatic rings. The number of carbonyl (C=O) groups is 1. The Morgan fingerprint density at radius 1 is 1.32 bits per heavy atom. The van der Waals surface area contributed by atoms with Gasteiger partial charge in [0.05, 0.1) is 23.6 Å². The Labute approximate surface area is 135 Å². The van der Waals surface area contributed by atoms with Crippen LogP contribution in [0, 0.1) is 0 Å². The van der Waals surface area contributed by atoms with Gasteiger partial charge in [0.1, 0.15) is 5.60 Å². The van der Waals surface area contributed by atoms with Crippen molar-refractivity contribution in [1.82, 2.24) is 0 Å². The monoisotopic (exact) mass is 349 g/mol. The van der Waals surface area contributed by atoms with Crippen molar-refractivity contribution in [3.63, 3.8) is 0 Å². The molecule has 0 saturated carbocycles. The third kappa shape index (κ3) is 7.11. The Kier molecular flexibility index (Phi) is 6.22. The molecule has 0 unspecified atom stereocenters. The van der Waals surface area contributed by atoms with Gasteiger partial charge in [-0.15, -0.1) is 0 Å². The number of para-hydroxylation sites is 1. The summed E-state index contributed by atoms with van der Waals surface area (Å²) in [7, 11) is -3.51. The van der Waals surface area contributed by atoms with E-state index in [1.165, 1.54) is 0 Å². The molecule has 1 aromatic carbocycles. The summed E-state index contributed by atoms with van der Waals surface area (Å²) in [5, 5.41) is 2.92. The first-order valence-electron chi connectivity index (χ1n) is 6.60. The van der Waals surface area contributed by atoms with Gasteiger partial charge in [0.15, 0.2) is 0 Å². The van der Waals surface area contributed by atoms with Gasteiger partial charge in [-0.1, -0.05) is 23.7 Å². The lowest BCUT2D eigenvalue weighted by molar-refractivity contribution is 0.0635. The van der Waals surface area contributed by atoms with Gasteiger partial charge in [-0.05, 0) is 38.8 Å². The van der Waals surface area contributed by atoms with E-state index in [-0.39, 0.29) is 13.0 Å². The van der Waals surface area contributed by atoms with Gasteiger partial charge in [0, 0.05) is 0 Å². The molecule has 22 heavy (non-hydrogen) atoms. The summed E-state index contributed by atoms with van der Waals surface area (Å²) in [5.41, 5.74) is 0.405. The fourth-order valence-electron chi connectivity index (χ4n) is 1.63. The van der Waals surface area contributed by atoms with Crippen LogP contribution in [0.3, 0.4) is 0 Å². The molecule has 0 radical (unpaired) electrons. The Hall–Kier alpha value is -1.31. The first kappa shape index (κ1) is 18.7. The van der Waals surface area contributed by atoms with Crippen molar-refractivity contribution in [2.75, 3.05) is 18.2 Å². The molecule has 0 aromatic heterocycles. The van der Waals surface area contributed by atoms with Gasteiger partial charge in [-0.2, -0.15) is 8.42 Å². The van der Waals surface area contributed by atoms with Crippen molar-refractivity contribution in [3.8, 4) is 0 Å². The Morgan fingerprint density at radius 3 is 2.50 bits per heavy atom. The Balaban J connectivity index is 2.83. The van der Waals surface area contributed by atoms with E-state index >= 15 is 0 Å². The highest BCUT2D eigenvalue weighted by molar-refractivity contribution is 7.85. The normalized spacial score (nSPS) is 12.0. The first-order valence-corrected chi connectivity index (χ1v) is 8.79. The molecule has 124 valence electrons. The van der Waals surface area contributed by atoms with E-state index in [1.54, 1.807) is 39.0 Å². The summed E-state index contributed by atoms with van der Waals surface area (Å²) in [5.74, 6) is 0. The first-order chi connectivity index (χ1) is 9.98. The van der Waals surface area contributed by atoms with Crippen LogP contribution in [0.15, 0.2) is 18.2 Å². The second-order valence-electron chi connectivity index (χ2n) is 5.68. The predicted octanol–water partition coefficient (Wildman–Crippen LogP) is 3.21. The van der Waals surface area contributed by atoms with Crippen LogP contribution in [0.25, 0.3) is 0 Å². The second-order valence-corrected chi connectivity index (χ2v) is 7.73. The number of ether oxygens (including phenoxy) is 1. The molecule has 0 fully saturated rings. The van der Waals surface area contributed by atoms with Crippen LogP contribution in [0.2, 0.25) is 5.02 Å². The second kappa shape index (κ2) is 7.30. The van der Waals surface area contributed by atoms with Crippen molar-refractivity contribution in [2.24, 2.45) is 0 Å². The van der Waals surface area contributed by atoms with Gasteiger partial charge in [0.25, 0.3) is 10.1 Å². The van der Waals surface area contributed by atoms with Gasteiger partial charge < -0.3 is 4.74 Å². The number of nitrogens with one attached hydrogen (secondary N) is 1. The van der Waals surface area contributed by atoms with Crippen LogP contribution >= 0.6 is 11.6 Å². The zero-order valence-corrected chi connectivity index (χ0v) is 14.5. The average molecular weight is 350 g/mol. The van der Waals surface area contributed by atoms with Crippen molar-refractivity contribution < 1.29 is 22.1 Å². The summed E-state index contributed by atoms with van der Waals surface area (Å²) in [6.07, 6.45) is 0.620. The summed E-state index contributed by atoms with van der Waals surface area (Å²) >= 11 is 6.08. The van der Waals surface area contributed by atoms with Gasteiger partial charge in [0.2, 0.25) is 0 Å². The molecule has 0 atom stereocenters. The van der Waals surface area contributed by atoms with Crippen molar-refractivity contribution in [2.45, 2.75) is 32.8 Å². The maximum Gasteiger partial charge on any atom is 0.412 e. The molecule has 0 aliphatic rings. The van der Waals surface area contributed by atoms with Crippen LogP contribution in [-0.2, 0) is 25.5 Å². The van der Waals surface area contributed by atoms with Gasteiger partial charge in [-0.3, -0.25) is 9.50 Å². The highest BCUT2D eigenvalue weighted by Gasteiger charge is 2.18. The Morgan fingerprint density at radius 2 is 1.95 bits per heavy atom. The quantitative estimate of drug-likeness (QED) is 0.825. The SMILES string of the molecule is CC(C)(C)OC(=O)Nc1c(Cl)cccc1CCOS(C)(=O)=O. The predicted molar refractivity (Wildman–Crippen MR) is 85.8 cm³/mol. The zero-order chi connectivity index (χ0) is 17.0. The van der Waals surface area contributed by atoms with Crippen LogP contribution in [-0.4, -0.2) is 33.0 Å². The molecule has 6 nitrogen and oxygen atoms in total. The summed E-state index contributed by atoms with van der Waals surface area (Å²) < 4.78 is 31.8. The van der Waals surface area contributed by atoms with Crippen LogP contribution in [0.4, 0.5) is 10.5 Å². The zero-order valence-electron chi connectivity index (χ0n) is 13.0. The topological polar surface area (TPSA) is 81.7 Å². The molecule has 0 aliphatic heterocycles. The van der Waals surface area contributed by atoms with Crippen molar-refractivity contribution in [1.29, 1.82) is 0 Å². The minimum Gasteiger partial charge on any atom is -0.444 e. The third-order valence-corrected chi connectivity index (χ3v) is 3.30. The standard InChI is InChI=1S/C14H20ClNO5S/c1-14(2,3)21-13(17)16-12-10(6-5-7-11(12)15)8-9-20-22(4,18)19/h5-7H,8-9H2,1-4H3,(H,16,17). The van der Waals surface area contributed by atoms with Crippen molar-refractivity contribution in [3.05, 3.63) is 28.8 Å². The van der Waals surface area contributed by atoms with E-state index < -0.39 is 21.8 Å². The fourth-order valence-corrected chi connectivity index (χ4v) is 2.25. The number of hydrogen-bond donors (Lipinski definition) is 1. The molecule has 8 heteroatoms. The van der Waals surface area contributed by atoms with Gasteiger partial charge in [-0.25, -0.2) is 4.79 Å². The van der Waals surface area contributed by atoms with Crippen molar-refractivity contribution >= 4 is 33.5 Å². The molecular formula is C14H20ClNO5S. The minimum absolute atomic E-state index is 0.0395. The van der Waals surface area contributed by atoms with E-state index in [4.69, 9.17) is 20.5 Å². The minimum atomic E-state index is -3.51. The number of amides is 1. The summed E-state index contributed by atoms with van der Waals surface area (Å²) in [6, 6.07) is 5.05. The number of carbonyl (C=O) groups excluding carboxylic acids is 1. The lowest BCUT2D eigenvalue weighted by Gasteiger charge is -2.21. The largest absolute Gasteiger partial charge is 0.444 e. The van der Waals surface area contributed by atoms with E-state index in [0.29, 0.717) is 16.3 Å². The van der Waals surface area contributed by atoms with E-state index in [0.717, 1.165) is 6.26 Å². The number of benzene rings is 1.